The highest BCUT2D eigenvalue weighted by atomic mass is 32.2. The lowest BCUT2D eigenvalue weighted by Gasteiger charge is -2.31. The Hall–Kier alpha value is -1.56. The smallest absolute Gasteiger partial charge is 0.253 e. The van der Waals surface area contributed by atoms with Crippen molar-refractivity contribution in [3.05, 3.63) is 29.8 Å². The Labute approximate surface area is 138 Å². The lowest BCUT2D eigenvalue weighted by atomic mass is 9.99. The molecule has 0 aromatic heterocycles. The average Bonchev–Trinajstić information content (AvgIpc) is 2.54. The summed E-state index contributed by atoms with van der Waals surface area (Å²) in [4.78, 5) is 14.5. The number of sulfonamides is 1. The number of carbonyl (C=O) groups excluding carboxylic acids is 1. The quantitative estimate of drug-likeness (QED) is 0.834. The fourth-order valence-electron chi connectivity index (χ4n) is 3.41. The van der Waals surface area contributed by atoms with Gasteiger partial charge in [0.25, 0.3) is 5.91 Å². The molecule has 5 nitrogen and oxygen atoms in total. The van der Waals surface area contributed by atoms with Crippen molar-refractivity contribution in [2.75, 3.05) is 29.7 Å². The molecule has 0 saturated carbocycles. The van der Waals surface area contributed by atoms with E-state index in [0.29, 0.717) is 23.7 Å². The summed E-state index contributed by atoms with van der Waals surface area (Å²) >= 11 is 0. The zero-order valence-corrected chi connectivity index (χ0v) is 14.4. The van der Waals surface area contributed by atoms with Crippen LogP contribution in [0.4, 0.5) is 5.69 Å². The minimum absolute atomic E-state index is 0.0459. The number of piperidine rings is 1. The number of hydrogen-bond acceptors (Lipinski definition) is 3. The summed E-state index contributed by atoms with van der Waals surface area (Å²) in [5, 5.41) is 0. The highest BCUT2D eigenvalue weighted by Gasteiger charge is 2.26. The first kappa shape index (κ1) is 16.3. The van der Waals surface area contributed by atoms with Crippen molar-refractivity contribution in [3.8, 4) is 0 Å². The van der Waals surface area contributed by atoms with Gasteiger partial charge in [0.15, 0.2) is 0 Å². The van der Waals surface area contributed by atoms with Gasteiger partial charge in [-0.05, 0) is 55.9 Å². The third-order valence-electron chi connectivity index (χ3n) is 4.70. The molecule has 1 amide bonds. The monoisotopic (exact) mass is 336 g/mol. The lowest BCUT2D eigenvalue weighted by Crippen LogP contribution is -2.39. The maximum absolute atomic E-state index is 12.6. The molecule has 23 heavy (non-hydrogen) atoms. The number of rotatable bonds is 2. The van der Waals surface area contributed by atoms with Gasteiger partial charge in [0.1, 0.15) is 0 Å². The van der Waals surface area contributed by atoms with E-state index in [9.17, 15) is 13.2 Å². The van der Waals surface area contributed by atoms with E-state index in [0.717, 1.165) is 32.4 Å². The molecule has 2 heterocycles. The van der Waals surface area contributed by atoms with Crippen LogP contribution in [0.15, 0.2) is 24.3 Å². The van der Waals surface area contributed by atoms with Crippen LogP contribution in [-0.2, 0) is 10.0 Å². The maximum Gasteiger partial charge on any atom is 0.253 e. The summed E-state index contributed by atoms with van der Waals surface area (Å²) in [6.07, 6.45) is 3.83. The number of anilines is 1. The number of amides is 1. The molecule has 1 atom stereocenters. The molecular weight excluding hydrogens is 312 g/mol. The van der Waals surface area contributed by atoms with Crippen LogP contribution in [-0.4, -0.2) is 44.6 Å². The summed E-state index contributed by atoms with van der Waals surface area (Å²) in [6, 6.07) is 7.01. The Kier molecular flexibility index (Phi) is 4.62. The summed E-state index contributed by atoms with van der Waals surface area (Å²) in [6.45, 7) is 4.32. The van der Waals surface area contributed by atoms with Crippen LogP contribution < -0.4 is 4.31 Å². The van der Waals surface area contributed by atoms with E-state index in [4.69, 9.17) is 0 Å². The van der Waals surface area contributed by atoms with Crippen molar-refractivity contribution in [2.24, 2.45) is 5.92 Å². The molecule has 2 aliphatic rings. The van der Waals surface area contributed by atoms with Crippen LogP contribution in [0, 0.1) is 5.92 Å². The van der Waals surface area contributed by atoms with Crippen molar-refractivity contribution in [1.29, 1.82) is 0 Å². The number of likely N-dealkylation sites (tertiary alicyclic amines) is 1. The molecule has 6 heteroatoms. The van der Waals surface area contributed by atoms with E-state index in [2.05, 4.69) is 6.92 Å². The molecule has 0 aliphatic carbocycles. The number of hydrogen-bond donors (Lipinski definition) is 0. The van der Waals surface area contributed by atoms with E-state index in [-0.39, 0.29) is 11.7 Å². The number of benzene rings is 1. The van der Waals surface area contributed by atoms with E-state index in [1.807, 2.05) is 4.90 Å². The summed E-state index contributed by atoms with van der Waals surface area (Å²) in [5.74, 6) is 0.800. The fourth-order valence-corrected chi connectivity index (χ4v) is 5.05. The first-order valence-electron chi connectivity index (χ1n) is 8.37. The Morgan fingerprint density at radius 2 is 1.83 bits per heavy atom. The molecule has 1 aromatic rings. The molecule has 1 aromatic carbocycles. The van der Waals surface area contributed by atoms with Gasteiger partial charge in [0.2, 0.25) is 10.0 Å². The SMILES string of the molecule is C[C@H]1CCCN(C(=O)c2ccc(N3CCCCS3(=O)=O)cc2)C1. The second-order valence-corrected chi connectivity index (χ2v) is 8.65. The lowest BCUT2D eigenvalue weighted by molar-refractivity contribution is 0.0683. The third kappa shape index (κ3) is 3.52. The van der Waals surface area contributed by atoms with Gasteiger partial charge in [-0.1, -0.05) is 6.92 Å². The van der Waals surface area contributed by atoms with Crippen molar-refractivity contribution in [2.45, 2.75) is 32.6 Å². The van der Waals surface area contributed by atoms with E-state index < -0.39 is 10.0 Å². The van der Waals surface area contributed by atoms with Crippen molar-refractivity contribution in [3.63, 3.8) is 0 Å². The van der Waals surface area contributed by atoms with Gasteiger partial charge in [0.05, 0.1) is 11.4 Å². The standard InChI is InChI=1S/C17H24N2O3S/c1-14-5-4-10-18(13-14)17(20)15-6-8-16(9-7-15)19-11-2-3-12-23(19,21)22/h6-9,14H,2-5,10-13H2,1H3/t14-/m0/s1. The Balaban J connectivity index is 1.75. The molecule has 2 aliphatic heterocycles. The predicted molar refractivity (Wildman–Crippen MR) is 91.1 cm³/mol. The van der Waals surface area contributed by atoms with Crippen molar-refractivity contribution in [1.82, 2.24) is 4.90 Å². The summed E-state index contributed by atoms with van der Waals surface area (Å²) in [5.41, 5.74) is 1.30. The van der Waals surface area contributed by atoms with Crippen LogP contribution in [0.1, 0.15) is 43.0 Å². The second kappa shape index (κ2) is 6.51. The molecule has 2 fully saturated rings. The van der Waals surface area contributed by atoms with Gasteiger partial charge >= 0.3 is 0 Å². The van der Waals surface area contributed by atoms with Crippen LogP contribution in [0.5, 0.6) is 0 Å². The van der Waals surface area contributed by atoms with E-state index in [1.165, 1.54) is 10.7 Å². The average molecular weight is 336 g/mol. The van der Waals surface area contributed by atoms with Gasteiger partial charge in [-0.3, -0.25) is 9.10 Å². The van der Waals surface area contributed by atoms with E-state index >= 15 is 0 Å². The molecule has 0 radical (unpaired) electrons. The van der Waals surface area contributed by atoms with Gasteiger partial charge in [-0.25, -0.2) is 8.42 Å². The molecular formula is C17H24N2O3S. The van der Waals surface area contributed by atoms with E-state index in [1.54, 1.807) is 24.3 Å². The minimum atomic E-state index is -3.20. The highest BCUT2D eigenvalue weighted by Crippen LogP contribution is 2.25. The predicted octanol–water partition coefficient (Wildman–Crippen LogP) is 2.49. The maximum atomic E-state index is 12.6. The molecule has 0 spiro atoms. The minimum Gasteiger partial charge on any atom is -0.338 e. The van der Waals surface area contributed by atoms with Crippen LogP contribution in [0.25, 0.3) is 0 Å². The van der Waals surface area contributed by atoms with Gasteiger partial charge in [-0.2, -0.15) is 0 Å². The van der Waals surface area contributed by atoms with Crippen molar-refractivity contribution < 1.29 is 13.2 Å². The Bertz CT molecular complexity index is 670. The third-order valence-corrected chi connectivity index (χ3v) is 6.57. The number of nitrogens with zero attached hydrogens (tertiary/aromatic N) is 2. The number of carbonyl (C=O) groups is 1. The summed E-state index contributed by atoms with van der Waals surface area (Å²) in [7, 11) is -3.20. The largest absolute Gasteiger partial charge is 0.338 e. The fraction of sp³-hybridized carbons (Fsp3) is 0.588. The zero-order chi connectivity index (χ0) is 16.4. The summed E-state index contributed by atoms with van der Waals surface area (Å²) < 4.78 is 25.7. The van der Waals surface area contributed by atoms with Crippen molar-refractivity contribution >= 4 is 21.6 Å². The first-order valence-corrected chi connectivity index (χ1v) is 9.98. The topological polar surface area (TPSA) is 57.7 Å². The van der Waals surface area contributed by atoms with Crippen LogP contribution in [0.2, 0.25) is 0 Å². The van der Waals surface area contributed by atoms with Crippen LogP contribution in [0.3, 0.4) is 0 Å². The van der Waals surface area contributed by atoms with Gasteiger partial charge in [-0.15, -0.1) is 0 Å². The van der Waals surface area contributed by atoms with Gasteiger partial charge in [0, 0.05) is 25.2 Å². The zero-order valence-electron chi connectivity index (χ0n) is 13.6. The second-order valence-electron chi connectivity index (χ2n) is 6.64. The first-order chi connectivity index (χ1) is 11.0. The van der Waals surface area contributed by atoms with Crippen LogP contribution >= 0.6 is 0 Å². The molecule has 0 N–H and O–H groups in total. The Morgan fingerprint density at radius 3 is 2.48 bits per heavy atom. The molecule has 0 unspecified atom stereocenters. The normalized spacial score (nSPS) is 24.5. The molecule has 126 valence electrons. The highest BCUT2D eigenvalue weighted by molar-refractivity contribution is 7.92. The molecule has 3 rings (SSSR count). The Morgan fingerprint density at radius 1 is 1.09 bits per heavy atom. The molecule has 0 bridgehead atoms. The van der Waals surface area contributed by atoms with Gasteiger partial charge < -0.3 is 4.90 Å². The molecule has 2 saturated heterocycles.